The lowest BCUT2D eigenvalue weighted by molar-refractivity contribution is -0.143. The topological polar surface area (TPSA) is 78.4 Å². The van der Waals surface area contributed by atoms with Crippen molar-refractivity contribution in [1.29, 1.82) is 0 Å². The predicted octanol–water partition coefficient (Wildman–Crippen LogP) is 0.928. The summed E-state index contributed by atoms with van der Waals surface area (Å²) < 4.78 is 0. The van der Waals surface area contributed by atoms with Crippen LogP contribution in [0.15, 0.2) is 30.3 Å². The first kappa shape index (κ1) is 13.5. The average Bonchev–Trinajstić information content (AvgIpc) is 2.84. The van der Waals surface area contributed by atoms with Crippen molar-refractivity contribution in [3.05, 3.63) is 35.9 Å². The minimum atomic E-state index is -1.05. The van der Waals surface area contributed by atoms with Crippen LogP contribution in [0.4, 0.5) is 0 Å². The standard InChI is InChI=1S/C14H18N2O3/c1-14(7-8-15-9-14)13(19)16-11(12(17)18)10-5-3-2-4-6-10/h2-6,11,15H,7-9H2,1H3,(H,16,19)(H,17,18)/t11-,14?/m0/s1. The monoisotopic (exact) mass is 262 g/mol. The molecule has 2 atom stereocenters. The third kappa shape index (κ3) is 2.93. The summed E-state index contributed by atoms with van der Waals surface area (Å²) in [5.74, 6) is -1.26. The molecule has 1 fully saturated rings. The molecule has 102 valence electrons. The molecule has 5 nitrogen and oxygen atoms in total. The van der Waals surface area contributed by atoms with E-state index in [0.717, 1.165) is 13.0 Å². The third-order valence-electron chi connectivity index (χ3n) is 3.57. The van der Waals surface area contributed by atoms with Crippen molar-refractivity contribution in [3.63, 3.8) is 0 Å². The fourth-order valence-electron chi connectivity index (χ4n) is 2.25. The van der Waals surface area contributed by atoms with Gasteiger partial charge in [-0.15, -0.1) is 0 Å². The molecule has 0 saturated carbocycles. The average molecular weight is 262 g/mol. The van der Waals surface area contributed by atoms with Crippen molar-refractivity contribution in [2.24, 2.45) is 5.41 Å². The van der Waals surface area contributed by atoms with Crippen molar-refractivity contribution in [2.75, 3.05) is 13.1 Å². The molecule has 0 radical (unpaired) electrons. The number of hydrogen-bond donors (Lipinski definition) is 3. The Hall–Kier alpha value is -1.88. The van der Waals surface area contributed by atoms with Crippen LogP contribution in [0.25, 0.3) is 0 Å². The number of hydrogen-bond acceptors (Lipinski definition) is 3. The van der Waals surface area contributed by atoms with Crippen LogP contribution in [-0.2, 0) is 9.59 Å². The van der Waals surface area contributed by atoms with Gasteiger partial charge >= 0.3 is 5.97 Å². The molecule has 1 aromatic rings. The van der Waals surface area contributed by atoms with Gasteiger partial charge in [0.2, 0.25) is 5.91 Å². The summed E-state index contributed by atoms with van der Waals surface area (Å²) >= 11 is 0. The van der Waals surface area contributed by atoms with Crippen molar-refractivity contribution >= 4 is 11.9 Å². The van der Waals surface area contributed by atoms with Crippen LogP contribution in [0.1, 0.15) is 24.9 Å². The minimum Gasteiger partial charge on any atom is -0.479 e. The second-order valence-electron chi connectivity index (χ2n) is 5.14. The maximum atomic E-state index is 12.2. The van der Waals surface area contributed by atoms with E-state index in [-0.39, 0.29) is 5.91 Å². The largest absolute Gasteiger partial charge is 0.479 e. The number of aliphatic carboxylic acids is 1. The van der Waals surface area contributed by atoms with Crippen molar-refractivity contribution in [2.45, 2.75) is 19.4 Å². The Morgan fingerprint density at radius 1 is 1.37 bits per heavy atom. The Balaban J connectivity index is 2.14. The van der Waals surface area contributed by atoms with Crippen LogP contribution >= 0.6 is 0 Å². The van der Waals surface area contributed by atoms with Crippen molar-refractivity contribution < 1.29 is 14.7 Å². The van der Waals surface area contributed by atoms with E-state index < -0.39 is 17.4 Å². The van der Waals surface area contributed by atoms with Gasteiger partial charge in [0, 0.05) is 6.54 Å². The molecule has 1 heterocycles. The van der Waals surface area contributed by atoms with Gasteiger partial charge in [0.1, 0.15) is 0 Å². The van der Waals surface area contributed by atoms with Crippen LogP contribution in [0.5, 0.6) is 0 Å². The molecule has 0 spiro atoms. The lowest BCUT2D eigenvalue weighted by atomic mass is 9.88. The van der Waals surface area contributed by atoms with E-state index in [4.69, 9.17) is 0 Å². The van der Waals surface area contributed by atoms with Gasteiger partial charge in [-0.1, -0.05) is 30.3 Å². The lowest BCUT2D eigenvalue weighted by Gasteiger charge is -2.24. The number of carbonyl (C=O) groups is 2. The summed E-state index contributed by atoms with van der Waals surface area (Å²) in [6.45, 7) is 3.22. The molecule has 2 rings (SSSR count). The molecular formula is C14H18N2O3. The first-order valence-electron chi connectivity index (χ1n) is 6.32. The van der Waals surface area contributed by atoms with Gasteiger partial charge in [0.05, 0.1) is 5.41 Å². The highest BCUT2D eigenvalue weighted by molar-refractivity contribution is 5.88. The Kier molecular flexibility index (Phi) is 3.85. The zero-order chi connectivity index (χ0) is 13.9. The van der Waals surface area contributed by atoms with Crippen molar-refractivity contribution in [1.82, 2.24) is 10.6 Å². The van der Waals surface area contributed by atoms with Gasteiger partial charge in [-0.3, -0.25) is 4.79 Å². The van der Waals surface area contributed by atoms with Gasteiger partial charge in [0.25, 0.3) is 0 Å². The normalized spacial score (nSPS) is 23.8. The maximum Gasteiger partial charge on any atom is 0.330 e. The molecular weight excluding hydrogens is 244 g/mol. The molecule has 3 N–H and O–H groups in total. The number of rotatable bonds is 4. The second-order valence-corrected chi connectivity index (χ2v) is 5.14. The quantitative estimate of drug-likeness (QED) is 0.754. The van der Waals surface area contributed by atoms with Crippen LogP contribution in [0.3, 0.4) is 0 Å². The molecule has 0 aliphatic carbocycles. The summed E-state index contributed by atoms with van der Waals surface area (Å²) in [5, 5.41) is 15.0. The van der Waals surface area contributed by atoms with Crippen LogP contribution < -0.4 is 10.6 Å². The van der Waals surface area contributed by atoms with Gasteiger partial charge < -0.3 is 15.7 Å². The highest BCUT2D eigenvalue weighted by atomic mass is 16.4. The maximum absolute atomic E-state index is 12.2. The molecule has 1 aliphatic rings. The number of carbonyl (C=O) groups excluding carboxylic acids is 1. The van der Waals surface area contributed by atoms with Crippen LogP contribution in [-0.4, -0.2) is 30.1 Å². The van der Waals surface area contributed by atoms with E-state index in [1.165, 1.54) is 0 Å². The fraction of sp³-hybridized carbons (Fsp3) is 0.429. The molecule has 1 unspecified atom stereocenters. The number of amides is 1. The third-order valence-corrected chi connectivity index (χ3v) is 3.57. The number of nitrogens with one attached hydrogen (secondary N) is 2. The van der Waals surface area contributed by atoms with Gasteiger partial charge in [-0.2, -0.15) is 0 Å². The molecule has 5 heteroatoms. The van der Waals surface area contributed by atoms with Crippen molar-refractivity contribution in [3.8, 4) is 0 Å². The summed E-state index contributed by atoms with van der Waals surface area (Å²) in [7, 11) is 0. The SMILES string of the molecule is CC1(C(=O)N[C@H](C(=O)O)c2ccccc2)CCNC1. The first-order valence-corrected chi connectivity index (χ1v) is 6.32. The van der Waals surface area contributed by atoms with Crippen LogP contribution in [0.2, 0.25) is 0 Å². The van der Waals surface area contributed by atoms with E-state index in [9.17, 15) is 14.7 Å². The molecule has 1 saturated heterocycles. The van der Waals surface area contributed by atoms with Gasteiger partial charge in [-0.25, -0.2) is 4.79 Å². The smallest absolute Gasteiger partial charge is 0.330 e. The van der Waals surface area contributed by atoms with E-state index in [1.54, 1.807) is 24.3 Å². The fourth-order valence-corrected chi connectivity index (χ4v) is 2.25. The summed E-state index contributed by atoms with van der Waals surface area (Å²) in [5.41, 5.74) is 0.0561. The summed E-state index contributed by atoms with van der Waals surface area (Å²) in [6, 6.07) is 7.74. The Morgan fingerprint density at radius 2 is 2.05 bits per heavy atom. The molecule has 19 heavy (non-hydrogen) atoms. The van der Waals surface area contributed by atoms with Crippen LogP contribution in [0, 0.1) is 5.41 Å². The molecule has 1 amide bonds. The Bertz CT molecular complexity index is 467. The molecule has 1 aliphatic heterocycles. The zero-order valence-electron chi connectivity index (χ0n) is 10.8. The summed E-state index contributed by atoms with van der Waals surface area (Å²) in [4.78, 5) is 23.6. The predicted molar refractivity (Wildman–Crippen MR) is 70.6 cm³/mol. The first-order chi connectivity index (χ1) is 9.03. The minimum absolute atomic E-state index is 0.214. The Morgan fingerprint density at radius 3 is 2.58 bits per heavy atom. The van der Waals surface area contributed by atoms with E-state index >= 15 is 0 Å². The van der Waals surface area contributed by atoms with Gasteiger partial charge in [0.15, 0.2) is 6.04 Å². The highest BCUT2D eigenvalue weighted by Crippen LogP contribution is 2.26. The molecule has 1 aromatic carbocycles. The summed E-state index contributed by atoms with van der Waals surface area (Å²) in [6.07, 6.45) is 0.722. The molecule has 0 aromatic heterocycles. The van der Waals surface area contributed by atoms with E-state index in [2.05, 4.69) is 10.6 Å². The highest BCUT2D eigenvalue weighted by Gasteiger charge is 2.38. The van der Waals surface area contributed by atoms with E-state index in [1.807, 2.05) is 13.0 Å². The lowest BCUT2D eigenvalue weighted by Crippen LogP contribution is -2.44. The van der Waals surface area contributed by atoms with E-state index in [0.29, 0.717) is 12.1 Å². The number of carboxylic acids is 1. The number of carboxylic acid groups (broad SMARTS) is 1. The Labute approximate surface area is 112 Å². The number of benzene rings is 1. The second kappa shape index (κ2) is 5.40. The molecule has 0 bridgehead atoms. The van der Waals surface area contributed by atoms with Gasteiger partial charge in [-0.05, 0) is 25.5 Å². The zero-order valence-corrected chi connectivity index (χ0v) is 10.8.